The molecule has 0 saturated carbocycles. The fraction of sp³-hybridized carbons (Fsp3) is 0.429. The van der Waals surface area contributed by atoms with Crippen molar-refractivity contribution in [2.24, 2.45) is 0 Å². The average molecular weight is 343 g/mol. The van der Waals surface area contributed by atoms with E-state index in [1.54, 1.807) is 4.90 Å². The van der Waals surface area contributed by atoms with Gasteiger partial charge in [0.1, 0.15) is 0 Å². The minimum Gasteiger partial charge on any atom is -0.481 e. The molecule has 20 heavy (non-hydrogen) atoms. The highest BCUT2D eigenvalue weighted by Gasteiger charge is 2.17. The number of hydrogen-bond acceptors (Lipinski definition) is 2. The van der Waals surface area contributed by atoms with E-state index in [9.17, 15) is 9.59 Å². The Kier molecular flexibility index (Phi) is 6.51. The lowest BCUT2D eigenvalue weighted by molar-refractivity contribution is -0.136. The molecule has 5 nitrogen and oxygen atoms in total. The van der Waals surface area contributed by atoms with Gasteiger partial charge in [-0.15, -0.1) is 0 Å². The summed E-state index contributed by atoms with van der Waals surface area (Å²) in [5, 5.41) is 11.2. The highest BCUT2D eigenvalue weighted by Crippen LogP contribution is 2.14. The second kappa shape index (κ2) is 7.89. The van der Waals surface area contributed by atoms with Gasteiger partial charge in [0.25, 0.3) is 0 Å². The molecule has 2 amide bonds. The molecule has 0 bridgehead atoms. The normalized spacial score (nSPS) is 10.4. The second-order valence-corrected chi connectivity index (χ2v) is 5.64. The number of nitrogens with zero attached hydrogens (tertiary/aromatic N) is 1. The Bertz CT molecular complexity index is 477. The summed E-state index contributed by atoms with van der Waals surface area (Å²) in [5.41, 5.74) is 1.02. The summed E-state index contributed by atoms with van der Waals surface area (Å²) in [6.07, 6.45) is -0.0748. The van der Waals surface area contributed by atoms with Crippen LogP contribution in [0.1, 0.15) is 25.8 Å². The number of rotatable bonds is 6. The number of carboxylic acid groups (broad SMARTS) is 1. The number of nitrogens with one attached hydrogen (secondary N) is 1. The Morgan fingerprint density at radius 3 is 2.65 bits per heavy atom. The maximum absolute atomic E-state index is 12.1. The molecule has 0 aliphatic carbocycles. The molecule has 0 heterocycles. The van der Waals surface area contributed by atoms with Gasteiger partial charge in [-0.25, -0.2) is 4.79 Å². The molecule has 0 fully saturated rings. The van der Waals surface area contributed by atoms with Gasteiger partial charge in [0.05, 0.1) is 6.42 Å². The van der Waals surface area contributed by atoms with Gasteiger partial charge in [-0.05, 0) is 31.5 Å². The molecule has 0 spiro atoms. The molecule has 0 aromatic heterocycles. The van der Waals surface area contributed by atoms with Crippen molar-refractivity contribution in [2.75, 3.05) is 6.54 Å². The molecule has 0 atom stereocenters. The first-order valence-electron chi connectivity index (χ1n) is 6.41. The highest BCUT2D eigenvalue weighted by atomic mass is 79.9. The van der Waals surface area contributed by atoms with E-state index >= 15 is 0 Å². The van der Waals surface area contributed by atoms with E-state index in [0.29, 0.717) is 6.54 Å². The standard InChI is InChI=1S/C14H19BrN2O3/c1-10(2)17(14(20)16-7-6-13(18)19)9-11-4-3-5-12(15)8-11/h3-5,8,10H,6-7,9H2,1-2H3,(H,16,20)(H,18,19). The summed E-state index contributed by atoms with van der Waals surface area (Å²) < 4.78 is 0.963. The highest BCUT2D eigenvalue weighted by molar-refractivity contribution is 9.10. The summed E-state index contributed by atoms with van der Waals surface area (Å²) >= 11 is 3.40. The van der Waals surface area contributed by atoms with E-state index in [-0.39, 0.29) is 25.0 Å². The number of urea groups is 1. The molecule has 1 aromatic carbocycles. The maximum Gasteiger partial charge on any atom is 0.317 e. The molecule has 6 heteroatoms. The number of carbonyl (C=O) groups is 2. The van der Waals surface area contributed by atoms with Crippen LogP contribution in [0, 0.1) is 0 Å². The van der Waals surface area contributed by atoms with E-state index < -0.39 is 5.97 Å². The van der Waals surface area contributed by atoms with E-state index in [1.807, 2.05) is 38.1 Å². The van der Waals surface area contributed by atoms with Crippen LogP contribution >= 0.6 is 15.9 Å². The van der Waals surface area contributed by atoms with Crippen LogP contribution in [0.15, 0.2) is 28.7 Å². The lowest BCUT2D eigenvalue weighted by atomic mass is 10.2. The third-order valence-corrected chi connectivity index (χ3v) is 3.23. The van der Waals surface area contributed by atoms with Crippen LogP contribution in [0.3, 0.4) is 0 Å². The van der Waals surface area contributed by atoms with Crippen molar-refractivity contribution in [3.63, 3.8) is 0 Å². The van der Waals surface area contributed by atoms with Crippen LogP contribution in [0.4, 0.5) is 4.79 Å². The maximum atomic E-state index is 12.1. The molecule has 2 N–H and O–H groups in total. The van der Waals surface area contributed by atoms with E-state index in [2.05, 4.69) is 21.2 Å². The van der Waals surface area contributed by atoms with Crippen molar-refractivity contribution in [1.82, 2.24) is 10.2 Å². The summed E-state index contributed by atoms with van der Waals surface area (Å²) in [5.74, 6) is -0.923. The van der Waals surface area contributed by atoms with Crippen molar-refractivity contribution in [3.8, 4) is 0 Å². The first-order valence-corrected chi connectivity index (χ1v) is 7.20. The number of aliphatic carboxylic acids is 1. The zero-order valence-electron chi connectivity index (χ0n) is 11.6. The average Bonchev–Trinajstić information content (AvgIpc) is 2.35. The number of amides is 2. The van der Waals surface area contributed by atoms with Crippen LogP contribution in [0.2, 0.25) is 0 Å². The van der Waals surface area contributed by atoms with E-state index in [4.69, 9.17) is 5.11 Å². The van der Waals surface area contributed by atoms with Crippen molar-refractivity contribution in [3.05, 3.63) is 34.3 Å². The monoisotopic (exact) mass is 342 g/mol. The summed E-state index contributed by atoms with van der Waals surface area (Å²) in [4.78, 5) is 24.2. The number of benzene rings is 1. The van der Waals surface area contributed by atoms with Gasteiger partial charge in [0.15, 0.2) is 0 Å². The number of halogens is 1. The topological polar surface area (TPSA) is 69.6 Å². The van der Waals surface area contributed by atoms with Gasteiger partial charge in [0, 0.05) is 23.6 Å². The van der Waals surface area contributed by atoms with Crippen LogP contribution in [0.5, 0.6) is 0 Å². The number of hydrogen-bond donors (Lipinski definition) is 2. The Balaban J connectivity index is 2.64. The lowest BCUT2D eigenvalue weighted by Gasteiger charge is -2.27. The van der Waals surface area contributed by atoms with Gasteiger partial charge in [-0.3, -0.25) is 4.79 Å². The van der Waals surface area contributed by atoms with Crippen molar-refractivity contribution >= 4 is 27.9 Å². The van der Waals surface area contributed by atoms with E-state index in [1.165, 1.54) is 0 Å². The van der Waals surface area contributed by atoms with Crippen LogP contribution in [-0.2, 0) is 11.3 Å². The first kappa shape index (κ1) is 16.5. The molecule has 0 unspecified atom stereocenters. The minimum atomic E-state index is -0.923. The summed E-state index contributed by atoms with van der Waals surface area (Å²) in [7, 11) is 0. The molecule has 110 valence electrons. The Morgan fingerprint density at radius 1 is 1.40 bits per heavy atom. The molecular weight excluding hydrogens is 324 g/mol. The largest absolute Gasteiger partial charge is 0.481 e. The quantitative estimate of drug-likeness (QED) is 0.835. The predicted molar refractivity (Wildman–Crippen MR) is 80.5 cm³/mol. The third kappa shape index (κ3) is 5.61. The van der Waals surface area contributed by atoms with Crippen molar-refractivity contribution in [2.45, 2.75) is 32.9 Å². The zero-order valence-corrected chi connectivity index (χ0v) is 13.2. The van der Waals surface area contributed by atoms with Crippen LogP contribution in [-0.4, -0.2) is 34.6 Å². The van der Waals surface area contributed by atoms with Gasteiger partial charge >= 0.3 is 12.0 Å². The van der Waals surface area contributed by atoms with Crippen molar-refractivity contribution in [1.29, 1.82) is 0 Å². The van der Waals surface area contributed by atoms with Crippen LogP contribution < -0.4 is 5.32 Å². The molecule has 0 radical (unpaired) electrons. The fourth-order valence-corrected chi connectivity index (χ4v) is 2.15. The van der Waals surface area contributed by atoms with Crippen LogP contribution in [0.25, 0.3) is 0 Å². The van der Waals surface area contributed by atoms with Crippen molar-refractivity contribution < 1.29 is 14.7 Å². The van der Waals surface area contributed by atoms with Gasteiger partial charge in [-0.1, -0.05) is 28.1 Å². The predicted octanol–water partition coefficient (Wildman–Crippen LogP) is 2.84. The SMILES string of the molecule is CC(C)N(Cc1cccc(Br)c1)C(=O)NCCC(=O)O. The Labute approximate surface area is 127 Å². The van der Waals surface area contributed by atoms with Gasteiger partial charge in [-0.2, -0.15) is 0 Å². The fourth-order valence-electron chi connectivity index (χ4n) is 1.70. The van der Waals surface area contributed by atoms with Gasteiger partial charge < -0.3 is 15.3 Å². The number of carbonyl (C=O) groups excluding carboxylic acids is 1. The Hall–Kier alpha value is -1.56. The zero-order chi connectivity index (χ0) is 15.1. The molecule has 1 aromatic rings. The molecule has 0 saturated heterocycles. The summed E-state index contributed by atoms with van der Waals surface area (Å²) in [6, 6.07) is 7.53. The Morgan fingerprint density at radius 2 is 2.10 bits per heavy atom. The molecule has 0 aliphatic heterocycles. The lowest BCUT2D eigenvalue weighted by Crippen LogP contribution is -2.44. The van der Waals surface area contributed by atoms with Gasteiger partial charge in [0.2, 0.25) is 0 Å². The summed E-state index contributed by atoms with van der Waals surface area (Å²) in [6.45, 7) is 4.47. The third-order valence-electron chi connectivity index (χ3n) is 2.74. The smallest absolute Gasteiger partial charge is 0.317 e. The first-order chi connectivity index (χ1) is 9.40. The molecular formula is C14H19BrN2O3. The minimum absolute atomic E-state index is 0.0267. The van der Waals surface area contributed by atoms with E-state index in [0.717, 1.165) is 10.0 Å². The number of carboxylic acids is 1. The molecule has 1 rings (SSSR count). The molecule has 0 aliphatic rings. The second-order valence-electron chi connectivity index (χ2n) is 4.73.